The third-order valence-corrected chi connectivity index (χ3v) is 9.93. The summed E-state index contributed by atoms with van der Waals surface area (Å²) < 4.78 is 86.7. The zero-order chi connectivity index (χ0) is 32.6. The lowest BCUT2D eigenvalue weighted by Gasteiger charge is -2.51. The molecule has 0 N–H and O–H groups in total. The number of piperazine rings is 1. The van der Waals surface area contributed by atoms with Crippen molar-refractivity contribution in [2.75, 3.05) is 59.0 Å². The molecule has 13 heteroatoms. The predicted octanol–water partition coefficient (Wildman–Crippen LogP) is 4.81. The minimum absolute atomic E-state index is 0.0281. The molecule has 4 saturated heterocycles. The Hall–Kier alpha value is -3.16. The maximum atomic E-state index is 13.7. The summed E-state index contributed by atoms with van der Waals surface area (Å²) in [4.78, 5) is 34.5. The zero-order valence-electron chi connectivity index (χ0n) is 25.4. The Morgan fingerprint density at radius 2 is 1.39 bits per heavy atom. The van der Waals surface area contributed by atoms with Gasteiger partial charge in [-0.05, 0) is 49.4 Å². The number of hydrogen-bond donors (Lipinski definition) is 0. The number of carbonyl (C=O) groups excluding carboxylic acids is 2. The van der Waals surface area contributed by atoms with Gasteiger partial charge in [-0.1, -0.05) is 30.3 Å². The number of benzene rings is 2. The predicted molar refractivity (Wildman–Crippen MR) is 157 cm³/mol. The Kier molecular flexibility index (Phi) is 9.37. The van der Waals surface area contributed by atoms with E-state index in [-0.39, 0.29) is 30.5 Å². The SMILES string of the molecule is O=C([C@@H]1CCOC1)N1CC(N2CCN([C@H]3CCN(C(=O)c4cc(C(F)(F)F)cc(C(F)(F)F)c4)[C@H](Cc4ccccc4)C3)CC2)C1. The van der Waals surface area contributed by atoms with Crippen molar-refractivity contribution in [2.24, 2.45) is 5.92 Å². The maximum absolute atomic E-state index is 13.7. The van der Waals surface area contributed by atoms with E-state index in [2.05, 4.69) is 9.80 Å². The molecule has 0 spiro atoms. The summed E-state index contributed by atoms with van der Waals surface area (Å²) in [6.45, 7) is 6.10. The van der Waals surface area contributed by atoms with Crippen LogP contribution in [0.15, 0.2) is 48.5 Å². The molecule has 2 aromatic carbocycles. The molecule has 4 fully saturated rings. The van der Waals surface area contributed by atoms with Gasteiger partial charge >= 0.3 is 12.4 Å². The van der Waals surface area contributed by atoms with E-state index >= 15 is 0 Å². The number of likely N-dealkylation sites (tertiary alicyclic amines) is 2. The van der Waals surface area contributed by atoms with E-state index in [0.29, 0.717) is 50.7 Å². The van der Waals surface area contributed by atoms with Crippen molar-refractivity contribution in [3.63, 3.8) is 0 Å². The first kappa shape index (κ1) is 32.8. The van der Waals surface area contributed by atoms with Gasteiger partial charge in [0.05, 0.1) is 23.7 Å². The van der Waals surface area contributed by atoms with Crippen LogP contribution in [0, 0.1) is 5.92 Å². The number of ether oxygens (including phenoxy) is 1. The van der Waals surface area contributed by atoms with Gasteiger partial charge in [0.25, 0.3) is 5.91 Å². The van der Waals surface area contributed by atoms with Gasteiger partial charge in [-0.15, -0.1) is 0 Å². The van der Waals surface area contributed by atoms with Crippen LogP contribution in [0.25, 0.3) is 0 Å². The largest absolute Gasteiger partial charge is 0.416 e. The van der Waals surface area contributed by atoms with Crippen molar-refractivity contribution in [1.82, 2.24) is 19.6 Å². The molecule has 0 bridgehead atoms. The van der Waals surface area contributed by atoms with Crippen LogP contribution in [0.3, 0.4) is 0 Å². The van der Waals surface area contributed by atoms with Crippen LogP contribution in [-0.4, -0.2) is 109 Å². The molecule has 7 nitrogen and oxygen atoms in total. The van der Waals surface area contributed by atoms with Crippen LogP contribution >= 0.6 is 0 Å². The molecular weight excluding hydrogens is 614 g/mol. The normalized spacial score (nSPS) is 25.5. The Morgan fingerprint density at radius 3 is 1.96 bits per heavy atom. The van der Waals surface area contributed by atoms with Crippen molar-refractivity contribution in [3.05, 3.63) is 70.8 Å². The summed E-state index contributed by atoms with van der Waals surface area (Å²) in [6.07, 6.45) is -7.73. The minimum atomic E-state index is -5.03. The van der Waals surface area contributed by atoms with Gasteiger partial charge in [0.2, 0.25) is 5.91 Å². The van der Waals surface area contributed by atoms with Gasteiger partial charge < -0.3 is 14.5 Å². The molecule has 6 rings (SSSR count). The molecule has 2 aromatic rings. The van der Waals surface area contributed by atoms with Crippen LogP contribution < -0.4 is 0 Å². The lowest BCUT2D eigenvalue weighted by Crippen LogP contribution is -2.65. The molecule has 46 heavy (non-hydrogen) atoms. The number of amides is 2. The first-order valence-electron chi connectivity index (χ1n) is 15.9. The van der Waals surface area contributed by atoms with Crippen molar-refractivity contribution < 1.29 is 40.7 Å². The van der Waals surface area contributed by atoms with Crippen LogP contribution in [0.4, 0.5) is 26.3 Å². The van der Waals surface area contributed by atoms with E-state index in [0.717, 1.165) is 51.3 Å². The average Bonchev–Trinajstić information content (AvgIpc) is 3.55. The molecule has 4 heterocycles. The summed E-state index contributed by atoms with van der Waals surface area (Å²) in [6, 6.07) is 10.5. The lowest BCUT2D eigenvalue weighted by atomic mass is 9.90. The minimum Gasteiger partial charge on any atom is -0.381 e. The highest BCUT2D eigenvalue weighted by atomic mass is 19.4. The number of nitrogens with zero attached hydrogens (tertiary/aromatic N) is 4. The summed E-state index contributed by atoms with van der Waals surface area (Å²) in [7, 11) is 0. The van der Waals surface area contributed by atoms with E-state index in [1.165, 1.54) is 4.90 Å². The van der Waals surface area contributed by atoms with Gasteiger partial charge in [-0.25, -0.2) is 0 Å². The van der Waals surface area contributed by atoms with E-state index in [4.69, 9.17) is 4.74 Å². The fourth-order valence-electron chi connectivity index (χ4n) is 7.27. The first-order chi connectivity index (χ1) is 21.9. The van der Waals surface area contributed by atoms with Crippen molar-refractivity contribution in [2.45, 2.75) is 56.2 Å². The number of piperidine rings is 1. The first-order valence-corrected chi connectivity index (χ1v) is 15.9. The third-order valence-electron chi connectivity index (χ3n) is 9.93. The van der Waals surface area contributed by atoms with E-state index in [1.54, 1.807) is 0 Å². The summed E-state index contributed by atoms with van der Waals surface area (Å²) in [5.41, 5.74) is -2.67. The number of halogens is 6. The molecule has 0 aromatic heterocycles. The molecule has 0 radical (unpaired) electrons. The standard InChI is InChI=1S/C33H38F6N4O3/c34-32(35,36)25-15-24(16-26(17-25)33(37,38)39)31(45)43-8-6-27(18-28(43)14-22-4-2-1-3-5-22)40-9-11-41(12-10-40)29-19-42(20-29)30(44)23-7-13-46-21-23/h1-5,15-17,23,27-29H,6-14,18-21H2/t23-,27+,28-/m1/s1. The summed E-state index contributed by atoms with van der Waals surface area (Å²) in [5.74, 6) is -0.674. The number of rotatable bonds is 6. The van der Waals surface area contributed by atoms with Crippen molar-refractivity contribution in [1.29, 1.82) is 0 Å². The second-order valence-electron chi connectivity index (χ2n) is 12.8. The van der Waals surface area contributed by atoms with Gasteiger partial charge in [0.1, 0.15) is 0 Å². The van der Waals surface area contributed by atoms with Gasteiger partial charge in [0.15, 0.2) is 0 Å². The Bertz CT molecular complexity index is 1350. The van der Waals surface area contributed by atoms with Crippen LogP contribution in [0.5, 0.6) is 0 Å². The topological polar surface area (TPSA) is 56.3 Å². The highest BCUT2D eigenvalue weighted by Gasteiger charge is 2.42. The summed E-state index contributed by atoms with van der Waals surface area (Å²) in [5, 5.41) is 0. The molecule has 0 aliphatic carbocycles. The van der Waals surface area contributed by atoms with E-state index in [1.807, 2.05) is 35.2 Å². The number of carbonyl (C=O) groups is 2. The Balaban J connectivity index is 1.12. The molecule has 2 amide bonds. The fourth-order valence-corrected chi connectivity index (χ4v) is 7.27. The van der Waals surface area contributed by atoms with E-state index in [9.17, 15) is 35.9 Å². The van der Waals surface area contributed by atoms with E-state index < -0.39 is 41.0 Å². The van der Waals surface area contributed by atoms with Gasteiger partial charge in [-0.2, -0.15) is 26.3 Å². The van der Waals surface area contributed by atoms with Gasteiger partial charge in [-0.3, -0.25) is 19.4 Å². The number of hydrogen-bond acceptors (Lipinski definition) is 5. The molecule has 0 saturated carbocycles. The maximum Gasteiger partial charge on any atom is 0.416 e. The summed E-state index contributed by atoms with van der Waals surface area (Å²) >= 11 is 0. The van der Waals surface area contributed by atoms with Crippen LogP contribution in [0.1, 0.15) is 46.3 Å². The second kappa shape index (κ2) is 13.2. The monoisotopic (exact) mass is 652 g/mol. The smallest absolute Gasteiger partial charge is 0.381 e. The Morgan fingerprint density at radius 1 is 0.783 bits per heavy atom. The molecule has 0 unspecified atom stereocenters. The number of alkyl halides is 6. The Labute approximate surface area is 264 Å². The fraction of sp³-hybridized carbons (Fsp3) is 0.576. The molecule has 4 aliphatic heterocycles. The zero-order valence-corrected chi connectivity index (χ0v) is 25.4. The lowest BCUT2D eigenvalue weighted by molar-refractivity contribution is -0.144. The van der Waals surface area contributed by atoms with Crippen molar-refractivity contribution >= 4 is 11.8 Å². The van der Waals surface area contributed by atoms with Crippen LogP contribution in [0.2, 0.25) is 0 Å². The quantitative estimate of drug-likeness (QED) is 0.420. The van der Waals surface area contributed by atoms with Crippen LogP contribution in [-0.2, 0) is 28.3 Å². The molecular formula is C33H38F6N4O3. The third kappa shape index (κ3) is 7.21. The highest BCUT2D eigenvalue weighted by Crippen LogP contribution is 2.37. The molecule has 4 aliphatic rings. The second-order valence-corrected chi connectivity index (χ2v) is 12.8. The van der Waals surface area contributed by atoms with Crippen molar-refractivity contribution in [3.8, 4) is 0 Å². The average molecular weight is 653 g/mol. The molecule has 3 atom stereocenters. The highest BCUT2D eigenvalue weighted by molar-refractivity contribution is 5.95. The van der Waals surface area contributed by atoms with Gasteiger partial charge in [0, 0.05) is 76.1 Å². The molecule has 250 valence electrons.